The zero-order valence-electron chi connectivity index (χ0n) is 11.5. The zero-order chi connectivity index (χ0) is 15.3. The van der Waals surface area contributed by atoms with Gasteiger partial charge in [-0.15, -0.1) is 0 Å². The van der Waals surface area contributed by atoms with Crippen LogP contribution in [0.2, 0.25) is 0 Å². The number of benzene rings is 2. The van der Waals surface area contributed by atoms with Crippen molar-refractivity contribution in [3.05, 3.63) is 54.1 Å². The number of rotatable bonds is 6. The lowest BCUT2D eigenvalue weighted by Gasteiger charge is -2.11. The average molecular weight is 370 g/mol. The maximum atomic E-state index is 12.4. The summed E-state index contributed by atoms with van der Waals surface area (Å²) in [5, 5.41) is 0.846. The van der Waals surface area contributed by atoms with E-state index in [1.807, 2.05) is 12.1 Å². The number of methoxy groups -OCH3 is 1. The van der Waals surface area contributed by atoms with Gasteiger partial charge >= 0.3 is 0 Å². The number of hydrogen-bond donors (Lipinski definition) is 1. The molecule has 21 heavy (non-hydrogen) atoms. The molecular formula is C15H16BrNO3S. The molecule has 0 saturated carbocycles. The topological polar surface area (TPSA) is 55.4 Å². The number of sulfonamides is 1. The Kier molecular flexibility index (Phi) is 5.25. The first-order valence-electron chi connectivity index (χ1n) is 6.37. The van der Waals surface area contributed by atoms with E-state index >= 15 is 0 Å². The summed E-state index contributed by atoms with van der Waals surface area (Å²) >= 11 is 3.36. The van der Waals surface area contributed by atoms with E-state index in [0.29, 0.717) is 11.4 Å². The van der Waals surface area contributed by atoms with Crippen LogP contribution in [-0.4, -0.2) is 20.9 Å². The highest BCUT2D eigenvalue weighted by molar-refractivity contribution is 9.09. The van der Waals surface area contributed by atoms with Gasteiger partial charge in [0.25, 0.3) is 10.0 Å². The van der Waals surface area contributed by atoms with Crippen molar-refractivity contribution in [1.82, 2.24) is 0 Å². The molecule has 0 bridgehead atoms. The van der Waals surface area contributed by atoms with Crippen LogP contribution in [0, 0.1) is 0 Å². The molecule has 0 spiro atoms. The minimum absolute atomic E-state index is 0.228. The van der Waals surface area contributed by atoms with Gasteiger partial charge in [0.05, 0.1) is 17.7 Å². The number of aryl methyl sites for hydroxylation is 1. The van der Waals surface area contributed by atoms with E-state index in [1.165, 1.54) is 7.11 Å². The van der Waals surface area contributed by atoms with Crippen LogP contribution in [0.5, 0.6) is 5.75 Å². The van der Waals surface area contributed by atoms with Crippen molar-refractivity contribution in [2.24, 2.45) is 0 Å². The summed E-state index contributed by atoms with van der Waals surface area (Å²) in [6.45, 7) is 0. The van der Waals surface area contributed by atoms with E-state index in [1.54, 1.807) is 36.4 Å². The Morgan fingerprint density at radius 1 is 1.10 bits per heavy atom. The van der Waals surface area contributed by atoms with Crippen LogP contribution in [0.1, 0.15) is 5.56 Å². The van der Waals surface area contributed by atoms with Crippen molar-refractivity contribution in [3.63, 3.8) is 0 Å². The normalized spacial score (nSPS) is 11.1. The summed E-state index contributed by atoms with van der Waals surface area (Å²) < 4.78 is 32.4. The SMILES string of the molecule is COc1ccccc1NS(=O)(=O)c1ccc(CCBr)cc1. The fourth-order valence-electron chi connectivity index (χ4n) is 1.88. The summed E-state index contributed by atoms with van der Waals surface area (Å²) in [5.41, 5.74) is 1.51. The second-order valence-electron chi connectivity index (χ2n) is 4.39. The Morgan fingerprint density at radius 3 is 2.38 bits per heavy atom. The van der Waals surface area contributed by atoms with Crippen LogP contribution in [0.25, 0.3) is 0 Å². The van der Waals surface area contributed by atoms with Crippen LogP contribution in [-0.2, 0) is 16.4 Å². The molecule has 0 fully saturated rings. The molecule has 4 nitrogen and oxygen atoms in total. The summed E-state index contributed by atoms with van der Waals surface area (Å²) in [4.78, 5) is 0.228. The first-order valence-corrected chi connectivity index (χ1v) is 8.98. The molecule has 1 N–H and O–H groups in total. The lowest BCUT2D eigenvalue weighted by atomic mass is 10.2. The van der Waals surface area contributed by atoms with E-state index in [2.05, 4.69) is 20.7 Å². The van der Waals surface area contributed by atoms with E-state index < -0.39 is 10.0 Å². The van der Waals surface area contributed by atoms with Crippen molar-refractivity contribution < 1.29 is 13.2 Å². The van der Waals surface area contributed by atoms with Gasteiger partial charge in [0.15, 0.2) is 0 Å². The Balaban J connectivity index is 2.25. The van der Waals surface area contributed by atoms with Crippen LogP contribution in [0.4, 0.5) is 5.69 Å². The first-order chi connectivity index (χ1) is 10.1. The Morgan fingerprint density at radius 2 is 1.76 bits per heavy atom. The molecule has 0 amide bonds. The van der Waals surface area contributed by atoms with Crippen molar-refractivity contribution >= 4 is 31.6 Å². The quantitative estimate of drug-likeness (QED) is 0.793. The standard InChI is InChI=1S/C15H16BrNO3S/c1-20-15-5-3-2-4-14(15)17-21(18,19)13-8-6-12(7-9-13)10-11-16/h2-9,17H,10-11H2,1H3. The Bertz CT molecular complexity index is 699. The number of hydrogen-bond acceptors (Lipinski definition) is 3. The summed E-state index contributed by atoms with van der Waals surface area (Å²) in [6, 6.07) is 13.7. The molecule has 0 radical (unpaired) electrons. The number of halogens is 1. The van der Waals surface area contributed by atoms with Crippen LogP contribution < -0.4 is 9.46 Å². The van der Waals surface area contributed by atoms with Gasteiger partial charge in [0, 0.05) is 5.33 Å². The Hall–Kier alpha value is -1.53. The van der Waals surface area contributed by atoms with Crippen molar-refractivity contribution in [1.29, 1.82) is 0 Å². The average Bonchev–Trinajstić information content (AvgIpc) is 2.48. The predicted molar refractivity (Wildman–Crippen MR) is 87.7 cm³/mol. The second-order valence-corrected chi connectivity index (χ2v) is 6.86. The van der Waals surface area contributed by atoms with Crippen LogP contribution >= 0.6 is 15.9 Å². The third-order valence-electron chi connectivity index (χ3n) is 2.97. The third-order valence-corrected chi connectivity index (χ3v) is 4.75. The molecule has 0 aromatic heterocycles. The molecule has 6 heteroatoms. The molecular weight excluding hydrogens is 354 g/mol. The van der Waals surface area contributed by atoms with Gasteiger partial charge in [-0.2, -0.15) is 0 Å². The first kappa shape index (κ1) is 15.9. The van der Waals surface area contributed by atoms with Crippen LogP contribution in [0.15, 0.2) is 53.4 Å². The fourth-order valence-corrected chi connectivity index (χ4v) is 3.41. The smallest absolute Gasteiger partial charge is 0.262 e. The summed E-state index contributed by atoms with van der Waals surface area (Å²) in [7, 11) is -2.12. The zero-order valence-corrected chi connectivity index (χ0v) is 13.9. The molecule has 0 saturated heterocycles. The van der Waals surface area contributed by atoms with Crippen molar-refractivity contribution in [3.8, 4) is 5.75 Å². The van der Waals surface area contributed by atoms with Gasteiger partial charge in [0.2, 0.25) is 0 Å². The van der Waals surface area contributed by atoms with Gasteiger partial charge < -0.3 is 4.74 Å². The molecule has 0 aliphatic heterocycles. The van der Waals surface area contributed by atoms with Gasteiger partial charge in [-0.05, 0) is 36.2 Å². The molecule has 2 aromatic rings. The minimum Gasteiger partial charge on any atom is -0.495 e. The van der Waals surface area contributed by atoms with Crippen molar-refractivity contribution in [2.75, 3.05) is 17.2 Å². The maximum absolute atomic E-state index is 12.4. The van der Waals surface area contributed by atoms with Crippen LogP contribution in [0.3, 0.4) is 0 Å². The molecule has 2 rings (SSSR count). The number of alkyl halides is 1. The van der Waals surface area contributed by atoms with Gasteiger partial charge in [-0.1, -0.05) is 40.2 Å². The molecule has 0 atom stereocenters. The predicted octanol–water partition coefficient (Wildman–Crippen LogP) is 3.43. The lowest BCUT2D eigenvalue weighted by molar-refractivity contribution is 0.417. The fraction of sp³-hybridized carbons (Fsp3) is 0.200. The lowest BCUT2D eigenvalue weighted by Crippen LogP contribution is -2.13. The summed E-state index contributed by atoms with van der Waals surface area (Å²) in [6.07, 6.45) is 0.861. The largest absolute Gasteiger partial charge is 0.495 e. The summed E-state index contributed by atoms with van der Waals surface area (Å²) in [5.74, 6) is 0.483. The highest BCUT2D eigenvalue weighted by Gasteiger charge is 2.16. The van der Waals surface area contributed by atoms with E-state index in [9.17, 15) is 8.42 Å². The highest BCUT2D eigenvalue weighted by Crippen LogP contribution is 2.26. The molecule has 0 aliphatic carbocycles. The number of para-hydroxylation sites is 2. The maximum Gasteiger partial charge on any atom is 0.262 e. The molecule has 0 heterocycles. The molecule has 2 aromatic carbocycles. The van der Waals surface area contributed by atoms with Crippen molar-refractivity contribution in [2.45, 2.75) is 11.3 Å². The number of anilines is 1. The van der Waals surface area contributed by atoms with E-state index in [-0.39, 0.29) is 4.90 Å². The highest BCUT2D eigenvalue weighted by atomic mass is 79.9. The minimum atomic E-state index is -3.62. The monoisotopic (exact) mass is 369 g/mol. The van der Waals surface area contributed by atoms with Gasteiger partial charge in [0.1, 0.15) is 5.75 Å². The van der Waals surface area contributed by atoms with E-state index in [4.69, 9.17) is 4.74 Å². The third kappa shape index (κ3) is 3.98. The van der Waals surface area contributed by atoms with E-state index in [0.717, 1.165) is 17.3 Å². The van der Waals surface area contributed by atoms with Gasteiger partial charge in [-0.3, -0.25) is 4.72 Å². The molecule has 0 aliphatic rings. The number of nitrogens with one attached hydrogen (secondary N) is 1. The molecule has 112 valence electrons. The number of ether oxygens (including phenoxy) is 1. The Labute approximate surface area is 133 Å². The second kappa shape index (κ2) is 6.95. The molecule has 0 unspecified atom stereocenters. The van der Waals surface area contributed by atoms with Gasteiger partial charge in [-0.25, -0.2) is 8.42 Å².